The summed E-state index contributed by atoms with van der Waals surface area (Å²) in [6.45, 7) is 0. The van der Waals surface area contributed by atoms with Crippen LogP contribution in [0.3, 0.4) is 0 Å². The first-order valence-corrected chi connectivity index (χ1v) is 7.29. The van der Waals surface area contributed by atoms with Crippen molar-refractivity contribution in [2.24, 2.45) is 0 Å². The summed E-state index contributed by atoms with van der Waals surface area (Å²) in [5.41, 5.74) is 0.183. The van der Waals surface area contributed by atoms with Gasteiger partial charge in [-0.3, -0.25) is 9.71 Å². The van der Waals surface area contributed by atoms with Crippen molar-refractivity contribution >= 4 is 31.6 Å². The molecule has 8 heteroatoms. The molecule has 0 fully saturated rings. The lowest BCUT2D eigenvalue weighted by molar-refractivity contribution is 0.600. The summed E-state index contributed by atoms with van der Waals surface area (Å²) in [6, 6.07) is 6.03. The molecule has 0 aromatic carbocycles. The van der Waals surface area contributed by atoms with Gasteiger partial charge in [0.25, 0.3) is 10.0 Å². The van der Waals surface area contributed by atoms with E-state index in [-0.39, 0.29) is 10.6 Å². The molecule has 6 nitrogen and oxygen atoms in total. The van der Waals surface area contributed by atoms with Crippen molar-refractivity contribution < 1.29 is 8.42 Å². The molecule has 0 atom stereocenters. The number of hydrogen-bond donors (Lipinski definition) is 1. The Labute approximate surface area is 118 Å². The summed E-state index contributed by atoms with van der Waals surface area (Å²) >= 11 is 3.19. The topological polar surface area (TPSA) is 95.7 Å². The molecular formula is C11H7BrN4O2S. The van der Waals surface area contributed by atoms with E-state index >= 15 is 0 Å². The van der Waals surface area contributed by atoms with Gasteiger partial charge in [0.1, 0.15) is 11.0 Å². The lowest BCUT2D eigenvalue weighted by Crippen LogP contribution is -2.15. The zero-order valence-corrected chi connectivity index (χ0v) is 11.8. The van der Waals surface area contributed by atoms with Crippen molar-refractivity contribution in [3.63, 3.8) is 0 Å². The Morgan fingerprint density at radius 2 is 2.11 bits per heavy atom. The van der Waals surface area contributed by atoms with Gasteiger partial charge < -0.3 is 0 Å². The molecule has 0 amide bonds. The number of hydrogen-bond acceptors (Lipinski definition) is 5. The van der Waals surface area contributed by atoms with E-state index in [1.807, 2.05) is 0 Å². The van der Waals surface area contributed by atoms with Gasteiger partial charge >= 0.3 is 0 Å². The third-order valence-corrected chi connectivity index (χ3v) is 4.21. The molecule has 0 aliphatic carbocycles. The fourth-order valence-electron chi connectivity index (χ4n) is 1.35. The zero-order valence-electron chi connectivity index (χ0n) is 9.41. The van der Waals surface area contributed by atoms with Crippen LogP contribution in [0.1, 0.15) is 5.69 Å². The Bertz CT molecular complexity index is 755. The summed E-state index contributed by atoms with van der Waals surface area (Å²) in [5, 5.41) is 8.88. The van der Waals surface area contributed by atoms with Gasteiger partial charge in [-0.15, -0.1) is 0 Å². The van der Waals surface area contributed by atoms with E-state index in [0.29, 0.717) is 10.2 Å². The van der Waals surface area contributed by atoms with Gasteiger partial charge in [0, 0.05) is 18.6 Å². The first-order valence-electron chi connectivity index (χ1n) is 5.02. The lowest BCUT2D eigenvalue weighted by atomic mass is 10.4. The molecule has 0 saturated heterocycles. The van der Waals surface area contributed by atoms with E-state index in [1.165, 1.54) is 36.8 Å². The predicted molar refractivity (Wildman–Crippen MR) is 71.7 cm³/mol. The van der Waals surface area contributed by atoms with E-state index in [2.05, 4.69) is 30.6 Å². The molecule has 2 heterocycles. The second-order valence-corrected chi connectivity index (χ2v) is 5.93. The monoisotopic (exact) mass is 338 g/mol. The molecule has 19 heavy (non-hydrogen) atoms. The van der Waals surface area contributed by atoms with Crippen molar-refractivity contribution in [3.05, 3.63) is 47.0 Å². The maximum absolute atomic E-state index is 12.2. The van der Waals surface area contributed by atoms with Gasteiger partial charge in [-0.2, -0.15) is 5.26 Å². The minimum atomic E-state index is -3.87. The summed E-state index contributed by atoms with van der Waals surface area (Å²) in [6.07, 6.45) is 4.28. The van der Waals surface area contributed by atoms with Crippen LogP contribution in [0.2, 0.25) is 0 Å². The van der Waals surface area contributed by atoms with Crippen molar-refractivity contribution in [2.75, 3.05) is 4.72 Å². The van der Waals surface area contributed by atoms with Crippen LogP contribution >= 0.6 is 15.9 Å². The highest BCUT2D eigenvalue weighted by atomic mass is 79.9. The Morgan fingerprint density at radius 3 is 2.79 bits per heavy atom. The highest BCUT2D eigenvalue weighted by Crippen LogP contribution is 2.24. The fourth-order valence-corrected chi connectivity index (χ4v) is 3.02. The number of sulfonamides is 1. The zero-order chi connectivity index (χ0) is 13.9. The number of anilines is 1. The van der Waals surface area contributed by atoms with Crippen molar-refractivity contribution in [1.29, 1.82) is 5.26 Å². The Kier molecular flexibility index (Phi) is 3.78. The van der Waals surface area contributed by atoms with E-state index in [1.54, 1.807) is 6.07 Å². The van der Waals surface area contributed by atoms with Crippen molar-refractivity contribution in [2.45, 2.75) is 4.90 Å². The molecule has 2 aromatic heterocycles. The van der Waals surface area contributed by atoms with Gasteiger partial charge in [0.15, 0.2) is 5.69 Å². The van der Waals surface area contributed by atoms with Crippen LogP contribution in [0.4, 0.5) is 5.69 Å². The normalized spacial score (nSPS) is 10.7. The molecule has 0 saturated carbocycles. The van der Waals surface area contributed by atoms with E-state index in [9.17, 15) is 8.42 Å². The van der Waals surface area contributed by atoms with Gasteiger partial charge in [-0.25, -0.2) is 13.4 Å². The first-order chi connectivity index (χ1) is 9.04. The number of aromatic nitrogens is 2. The summed E-state index contributed by atoms with van der Waals surface area (Å²) in [4.78, 5) is 7.39. The third kappa shape index (κ3) is 2.89. The smallest absolute Gasteiger partial charge is 0.264 e. The second-order valence-electron chi connectivity index (χ2n) is 3.42. The number of nitrogens with one attached hydrogen (secondary N) is 1. The molecule has 96 valence electrons. The highest BCUT2D eigenvalue weighted by Gasteiger charge is 2.20. The standard InChI is InChI=1S/C11H7BrN4O2S/c12-8-7-14-5-3-9(8)16-19(17,18)11-2-1-4-15-10(11)6-13/h1-5,7H,(H,14,16). The van der Waals surface area contributed by atoms with Crippen LogP contribution in [0.15, 0.2) is 46.2 Å². The van der Waals surface area contributed by atoms with E-state index in [4.69, 9.17) is 5.26 Å². The van der Waals surface area contributed by atoms with Crippen LogP contribution in [0.5, 0.6) is 0 Å². The third-order valence-electron chi connectivity index (χ3n) is 2.18. The minimum Gasteiger partial charge on any atom is -0.278 e. The first kappa shape index (κ1) is 13.5. The number of rotatable bonds is 3. The quantitative estimate of drug-likeness (QED) is 0.922. The highest BCUT2D eigenvalue weighted by molar-refractivity contribution is 9.10. The average molecular weight is 339 g/mol. The summed E-state index contributed by atoms with van der Waals surface area (Å²) in [7, 11) is -3.87. The molecule has 0 bridgehead atoms. The molecule has 0 aliphatic rings. The van der Waals surface area contributed by atoms with E-state index in [0.717, 1.165) is 0 Å². The number of pyridine rings is 2. The van der Waals surface area contributed by atoms with Crippen molar-refractivity contribution in [1.82, 2.24) is 9.97 Å². The molecule has 2 rings (SSSR count). The molecule has 0 aliphatic heterocycles. The van der Waals surface area contributed by atoms with Crippen LogP contribution in [-0.4, -0.2) is 18.4 Å². The molecule has 2 aromatic rings. The van der Waals surface area contributed by atoms with Gasteiger partial charge in [0.2, 0.25) is 0 Å². The fraction of sp³-hybridized carbons (Fsp3) is 0. The van der Waals surface area contributed by atoms with Gasteiger partial charge in [0.05, 0.1) is 10.2 Å². The summed E-state index contributed by atoms with van der Waals surface area (Å²) in [5.74, 6) is 0. The number of halogens is 1. The van der Waals surface area contributed by atoms with Crippen LogP contribution < -0.4 is 4.72 Å². The molecule has 0 radical (unpaired) electrons. The van der Waals surface area contributed by atoms with Gasteiger partial charge in [-0.1, -0.05) is 0 Å². The van der Waals surface area contributed by atoms with Crippen molar-refractivity contribution in [3.8, 4) is 6.07 Å². The maximum Gasteiger partial charge on any atom is 0.264 e. The SMILES string of the molecule is N#Cc1ncccc1S(=O)(=O)Nc1ccncc1Br. The largest absolute Gasteiger partial charge is 0.278 e. The Balaban J connectivity index is 2.45. The summed E-state index contributed by atoms with van der Waals surface area (Å²) < 4.78 is 27.3. The van der Waals surface area contributed by atoms with Crippen LogP contribution in [0.25, 0.3) is 0 Å². The lowest BCUT2D eigenvalue weighted by Gasteiger charge is -2.09. The maximum atomic E-state index is 12.2. The van der Waals surface area contributed by atoms with Crippen LogP contribution in [-0.2, 0) is 10.0 Å². The minimum absolute atomic E-state index is 0.153. The predicted octanol–water partition coefficient (Wildman–Crippen LogP) is 1.91. The second kappa shape index (κ2) is 5.34. The Hall–Kier alpha value is -1.98. The Morgan fingerprint density at radius 1 is 1.32 bits per heavy atom. The molecule has 0 spiro atoms. The number of nitriles is 1. The molecule has 0 unspecified atom stereocenters. The average Bonchev–Trinajstić information content (AvgIpc) is 2.41. The van der Waals surface area contributed by atoms with Gasteiger partial charge in [-0.05, 0) is 34.1 Å². The molecule has 1 N–H and O–H groups in total. The van der Waals surface area contributed by atoms with E-state index < -0.39 is 10.0 Å². The molecular weight excluding hydrogens is 332 g/mol. The van der Waals surface area contributed by atoms with Crippen LogP contribution in [0, 0.1) is 11.3 Å². The number of nitrogens with zero attached hydrogens (tertiary/aromatic N) is 3.